The minimum Gasteiger partial charge on any atom is -0.339 e. The lowest BCUT2D eigenvalue weighted by atomic mass is 10.0. The van der Waals surface area contributed by atoms with Gasteiger partial charge in [-0.2, -0.15) is 4.98 Å². The second kappa shape index (κ2) is 7.09. The number of nitrogens with zero attached hydrogens (tertiary/aromatic N) is 4. The molecule has 2 heterocycles. The van der Waals surface area contributed by atoms with Crippen molar-refractivity contribution in [3.8, 4) is 11.5 Å². The van der Waals surface area contributed by atoms with E-state index in [0.29, 0.717) is 29.4 Å². The molecule has 6 heteroatoms. The van der Waals surface area contributed by atoms with Crippen LogP contribution >= 0.6 is 0 Å². The fourth-order valence-corrected chi connectivity index (χ4v) is 1.93. The van der Waals surface area contributed by atoms with E-state index in [0.717, 1.165) is 19.4 Å². The van der Waals surface area contributed by atoms with Crippen molar-refractivity contribution in [2.75, 3.05) is 6.54 Å². The molecular weight excluding hydrogens is 254 g/mol. The topological polar surface area (TPSA) is 76.7 Å². The van der Waals surface area contributed by atoms with Gasteiger partial charge in [0.2, 0.25) is 11.7 Å². The number of hydrogen-bond acceptors (Lipinski definition) is 6. The Bertz CT molecular complexity index is 511. The maximum Gasteiger partial charge on any atom is 0.228 e. The summed E-state index contributed by atoms with van der Waals surface area (Å²) in [7, 11) is 0. The zero-order valence-corrected chi connectivity index (χ0v) is 12.2. The van der Waals surface area contributed by atoms with Crippen molar-refractivity contribution >= 4 is 0 Å². The second-order valence-corrected chi connectivity index (χ2v) is 5.12. The van der Waals surface area contributed by atoms with Crippen LogP contribution in [0, 0.1) is 5.92 Å². The Balaban J connectivity index is 2.04. The van der Waals surface area contributed by atoms with Crippen LogP contribution < -0.4 is 5.32 Å². The van der Waals surface area contributed by atoms with Crippen molar-refractivity contribution < 1.29 is 4.52 Å². The molecule has 2 aromatic heterocycles. The Hall–Kier alpha value is -1.82. The van der Waals surface area contributed by atoms with Crippen molar-refractivity contribution in [1.29, 1.82) is 0 Å². The molecule has 0 amide bonds. The summed E-state index contributed by atoms with van der Waals surface area (Å²) >= 11 is 0. The third-order valence-corrected chi connectivity index (χ3v) is 3.13. The van der Waals surface area contributed by atoms with Crippen LogP contribution in [0.2, 0.25) is 0 Å². The molecule has 20 heavy (non-hydrogen) atoms. The fraction of sp³-hybridized carbons (Fsp3) is 0.571. The Labute approximate surface area is 119 Å². The monoisotopic (exact) mass is 275 g/mol. The SMILES string of the molecule is CCCNC(Cc1nc(-c2ccncn2)no1)C(C)C. The molecule has 0 fully saturated rings. The first-order valence-electron chi connectivity index (χ1n) is 7.03. The van der Waals surface area contributed by atoms with Crippen LogP contribution in [0.15, 0.2) is 23.1 Å². The van der Waals surface area contributed by atoms with E-state index in [9.17, 15) is 0 Å². The number of rotatable bonds is 7. The van der Waals surface area contributed by atoms with Gasteiger partial charge in [0.1, 0.15) is 12.0 Å². The molecule has 0 aliphatic carbocycles. The first-order valence-corrected chi connectivity index (χ1v) is 7.03. The van der Waals surface area contributed by atoms with Crippen LogP contribution in [0.1, 0.15) is 33.1 Å². The molecular formula is C14H21N5O. The quantitative estimate of drug-likeness (QED) is 0.833. The number of aromatic nitrogens is 4. The predicted molar refractivity (Wildman–Crippen MR) is 75.9 cm³/mol. The summed E-state index contributed by atoms with van der Waals surface area (Å²) in [6.07, 6.45) is 4.98. The van der Waals surface area contributed by atoms with Gasteiger partial charge in [-0.05, 0) is 24.9 Å². The van der Waals surface area contributed by atoms with Gasteiger partial charge in [-0.25, -0.2) is 9.97 Å². The average molecular weight is 275 g/mol. The zero-order valence-electron chi connectivity index (χ0n) is 12.2. The Kier molecular flexibility index (Phi) is 5.17. The highest BCUT2D eigenvalue weighted by atomic mass is 16.5. The molecule has 0 aliphatic heterocycles. The van der Waals surface area contributed by atoms with E-state index in [1.807, 2.05) is 0 Å². The summed E-state index contributed by atoms with van der Waals surface area (Å²) in [6, 6.07) is 2.11. The molecule has 6 nitrogen and oxygen atoms in total. The van der Waals surface area contributed by atoms with Crippen molar-refractivity contribution in [3.05, 3.63) is 24.5 Å². The van der Waals surface area contributed by atoms with E-state index in [1.165, 1.54) is 6.33 Å². The molecule has 0 radical (unpaired) electrons. The first kappa shape index (κ1) is 14.6. The van der Waals surface area contributed by atoms with Gasteiger partial charge < -0.3 is 9.84 Å². The van der Waals surface area contributed by atoms with Gasteiger partial charge in [0.05, 0.1) is 0 Å². The molecule has 0 aliphatic rings. The van der Waals surface area contributed by atoms with Crippen LogP contribution in [-0.4, -0.2) is 32.7 Å². The first-order chi connectivity index (χ1) is 9.70. The fourth-order valence-electron chi connectivity index (χ4n) is 1.93. The van der Waals surface area contributed by atoms with E-state index in [1.54, 1.807) is 12.3 Å². The van der Waals surface area contributed by atoms with Gasteiger partial charge >= 0.3 is 0 Å². The predicted octanol–water partition coefficient (Wildman–Crippen LogP) is 2.09. The molecule has 1 atom stereocenters. The van der Waals surface area contributed by atoms with Crippen LogP contribution in [0.25, 0.3) is 11.5 Å². The standard InChI is InChI=1S/C14H21N5O/c1-4-6-16-12(10(2)3)8-13-18-14(19-20-13)11-5-7-15-9-17-11/h5,7,9-10,12,16H,4,6,8H2,1-3H3. The van der Waals surface area contributed by atoms with Crippen LogP contribution in [0.3, 0.4) is 0 Å². The summed E-state index contributed by atoms with van der Waals surface area (Å²) in [5.74, 6) is 1.66. The van der Waals surface area contributed by atoms with E-state index in [4.69, 9.17) is 4.52 Å². The Morgan fingerprint density at radius 1 is 1.35 bits per heavy atom. The maximum atomic E-state index is 5.32. The number of hydrogen-bond donors (Lipinski definition) is 1. The lowest BCUT2D eigenvalue weighted by molar-refractivity contribution is 0.326. The van der Waals surface area contributed by atoms with E-state index >= 15 is 0 Å². The van der Waals surface area contributed by atoms with E-state index in [2.05, 4.69) is 46.2 Å². The molecule has 108 valence electrons. The summed E-state index contributed by atoms with van der Waals surface area (Å²) < 4.78 is 5.32. The van der Waals surface area contributed by atoms with Gasteiger partial charge in [-0.15, -0.1) is 0 Å². The third kappa shape index (κ3) is 3.84. The highest BCUT2D eigenvalue weighted by Crippen LogP contribution is 2.14. The highest BCUT2D eigenvalue weighted by molar-refractivity contribution is 5.46. The molecule has 0 aromatic carbocycles. The van der Waals surface area contributed by atoms with Gasteiger partial charge in [-0.1, -0.05) is 25.9 Å². The molecule has 2 rings (SSSR count). The van der Waals surface area contributed by atoms with Gasteiger partial charge in [-0.3, -0.25) is 0 Å². The summed E-state index contributed by atoms with van der Waals surface area (Å²) in [5.41, 5.74) is 0.678. The Morgan fingerprint density at radius 2 is 2.20 bits per heavy atom. The summed E-state index contributed by atoms with van der Waals surface area (Å²) in [5, 5.41) is 7.49. The molecule has 0 spiro atoms. The van der Waals surface area contributed by atoms with E-state index in [-0.39, 0.29) is 0 Å². The number of nitrogens with one attached hydrogen (secondary N) is 1. The van der Waals surface area contributed by atoms with Crippen LogP contribution in [-0.2, 0) is 6.42 Å². The second-order valence-electron chi connectivity index (χ2n) is 5.12. The van der Waals surface area contributed by atoms with Crippen LogP contribution in [0.4, 0.5) is 0 Å². The lowest BCUT2D eigenvalue weighted by Crippen LogP contribution is -2.36. The molecule has 2 aromatic rings. The molecule has 0 saturated heterocycles. The van der Waals surface area contributed by atoms with Crippen molar-refractivity contribution in [1.82, 2.24) is 25.4 Å². The Morgan fingerprint density at radius 3 is 2.85 bits per heavy atom. The normalized spacial score (nSPS) is 12.8. The maximum absolute atomic E-state index is 5.32. The largest absolute Gasteiger partial charge is 0.339 e. The molecule has 1 unspecified atom stereocenters. The van der Waals surface area contributed by atoms with Gasteiger partial charge in [0, 0.05) is 18.7 Å². The highest BCUT2D eigenvalue weighted by Gasteiger charge is 2.18. The van der Waals surface area contributed by atoms with Crippen molar-refractivity contribution in [2.45, 2.75) is 39.7 Å². The molecule has 0 saturated carbocycles. The zero-order chi connectivity index (χ0) is 14.4. The van der Waals surface area contributed by atoms with Gasteiger partial charge in [0.15, 0.2) is 0 Å². The average Bonchev–Trinajstić information content (AvgIpc) is 2.92. The van der Waals surface area contributed by atoms with Gasteiger partial charge in [0.25, 0.3) is 0 Å². The molecule has 0 bridgehead atoms. The smallest absolute Gasteiger partial charge is 0.228 e. The minimum atomic E-state index is 0.341. The lowest BCUT2D eigenvalue weighted by Gasteiger charge is -2.20. The molecule has 1 N–H and O–H groups in total. The van der Waals surface area contributed by atoms with E-state index < -0.39 is 0 Å². The summed E-state index contributed by atoms with van der Waals surface area (Å²) in [6.45, 7) is 7.53. The van der Waals surface area contributed by atoms with Crippen LogP contribution in [0.5, 0.6) is 0 Å². The minimum absolute atomic E-state index is 0.341. The van der Waals surface area contributed by atoms with Crippen molar-refractivity contribution in [3.63, 3.8) is 0 Å². The third-order valence-electron chi connectivity index (χ3n) is 3.13. The van der Waals surface area contributed by atoms with Crippen molar-refractivity contribution in [2.24, 2.45) is 5.92 Å². The summed E-state index contributed by atoms with van der Waals surface area (Å²) in [4.78, 5) is 12.4.